The fourth-order valence-electron chi connectivity index (χ4n) is 2.82. The van der Waals surface area contributed by atoms with Crippen LogP contribution in [0.4, 0.5) is 0 Å². The summed E-state index contributed by atoms with van der Waals surface area (Å²) in [5.41, 5.74) is 1.02. The zero-order chi connectivity index (χ0) is 16.5. The van der Waals surface area contributed by atoms with Gasteiger partial charge >= 0.3 is 0 Å². The van der Waals surface area contributed by atoms with Gasteiger partial charge in [-0.1, -0.05) is 48.5 Å². The molecule has 1 aliphatic carbocycles. The molecule has 1 saturated carbocycles. The molecule has 1 fully saturated rings. The van der Waals surface area contributed by atoms with Gasteiger partial charge in [0.1, 0.15) is 0 Å². The molecule has 1 amide bonds. The maximum Gasteiger partial charge on any atom is 0.220 e. The van der Waals surface area contributed by atoms with Gasteiger partial charge < -0.3 is 10.1 Å². The zero-order valence-electron chi connectivity index (χ0n) is 13.5. The summed E-state index contributed by atoms with van der Waals surface area (Å²) in [6.07, 6.45) is 8.74. The Morgan fingerprint density at radius 3 is 2.70 bits per heavy atom. The Kier molecular flexibility index (Phi) is 8.21. The SMILES string of the molecule is O=C(CCc1ccc(Cl)c(Cl)c1)NCCCOC1CCCCC1. The zero-order valence-corrected chi connectivity index (χ0v) is 15.0. The normalized spacial score (nSPS) is 15.6. The van der Waals surface area contributed by atoms with Crippen LogP contribution >= 0.6 is 23.2 Å². The Morgan fingerprint density at radius 2 is 1.96 bits per heavy atom. The summed E-state index contributed by atoms with van der Waals surface area (Å²) in [6, 6.07) is 5.48. The van der Waals surface area contributed by atoms with Gasteiger partial charge in [-0.05, 0) is 43.4 Å². The first kappa shape index (κ1) is 18.6. The number of rotatable bonds is 8. The fraction of sp³-hybridized carbons (Fsp3) is 0.611. The lowest BCUT2D eigenvalue weighted by Crippen LogP contribution is -2.26. The average molecular weight is 358 g/mol. The van der Waals surface area contributed by atoms with Crippen LogP contribution in [0.25, 0.3) is 0 Å². The van der Waals surface area contributed by atoms with Crippen LogP contribution in [0, 0.1) is 0 Å². The van der Waals surface area contributed by atoms with Gasteiger partial charge in [0.05, 0.1) is 16.1 Å². The Hall–Kier alpha value is -0.770. The monoisotopic (exact) mass is 357 g/mol. The van der Waals surface area contributed by atoms with E-state index < -0.39 is 0 Å². The highest BCUT2D eigenvalue weighted by Gasteiger charge is 2.13. The number of carbonyl (C=O) groups excluding carboxylic acids is 1. The van der Waals surface area contributed by atoms with Gasteiger partial charge in [0.25, 0.3) is 0 Å². The number of halogens is 2. The number of nitrogens with one attached hydrogen (secondary N) is 1. The van der Waals surface area contributed by atoms with E-state index in [1.54, 1.807) is 6.07 Å². The molecule has 2 rings (SSSR count). The van der Waals surface area contributed by atoms with Gasteiger partial charge in [-0.2, -0.15) is 0 Å². The maximum atomic E-state index is 11.8. The minimum atomic E-state index is 0.0636. The summed E-state index contributed by atoms with van der Waals surface area (Å²) < 4.78 is 5.84. The van der Waals surface area contributed by atoms with E-state index in [1.165, 1.54) is 32.1 Å². The molecule has 0 aromatic heterocycles. The number of benzene rings is 1. The topological polar surface area (TPSA) is 38.3 Å². The number of amides is 1. The van der Waals surface area contributed by atoms with Crippen molar-refractivity contribution < 1.29 is 9.53 Å². The number of hydrogen-bond donors (Lipinski definition) is 1. The lowest BCUT2D eigenvalue weighted by Gasteiger charge is -2.21. The standard InChI is InChI=1S/C18H25Cl2NO2/c19-16-9-7-14(13-17(16)20)8-10-18(22)21-11-4-12-23-15-5-2-1-3-6-15/h7,9,13,15H,1-6,8,10-12H2,(H,21,22). The highest BCUT2D eigenvalue weighted by atomic mass is 35.5. The van der Waals surface area contributed by atoms with Gasteiger partial charge in [0, 0.05) is 19.6 Å². The summed E-state index contributed by atoms with van der Waals surface area (Å²) in [5, 5.41) is 4.01. The third-order valence-electron chi connectivity index (χ3n) is 4.17. The van der Waals surface area contributed by atoms with Gasteiger partial charge in [-0.15, -0.1) is 0 Å². The minimum absolute atomic E-state index is 0.0636. The van der Waals surface area contributed by atoms with Crippen molar-refractivity contribution in [1.82, 2.24) is 5.32 Å². The smallest absolute Gasteiger partial charge is 0.220 e. The van der Waals surface area contributed by atoms with E-state index in [1.807, 2.05) is 12.1 Å². The number of hydrogen-bond acceptors (Lipinski definition) is 2. The number of ether oxygens (including phenoxy) is 1. The molecule has 0 heterocycles. The first-order valence-electron chi connectivity index (χ1n) is 8.47. The van der Waals surface area contributed by atoms with E-state index in [0.29, 0.717) is 35.5 Å². The van der Waals surface area contributed by atoms with Gasteiger partial charge in [-0.3, -0.25) is 4.79 Å². The fourth-order valence-corrected chi connectivity index (χ4v) is 3.14. The molecule has 0 bridgehead atoms. The van der Waals surface area contributed by atoms with Crippen molar-refractivity contribution in [3.63, 3.8) is 0 Å². The van der Waals surface area contributed by atoms with Crippen LogP contribution in [0.3, 0.4) is 0 Å². The van der Waals surface area contributed by atoms with E-state index in [2.05, 4.69) is 5.32 Å². The third kappa shape index (κ3) is 7.11. The molecule has 0 spiro atoms. The van der Waals surface area contributed by atoms with Crippen molar-refractivity contribution in [3.05, 3.63) is 33.8 Å². The Bertz CT molecular complexity index is 502. The summed E-state index contributed by atoms with van der Waals surface area (Å²) >= 11 is 11.8. The second-order valence-electron chi connectivity index (χ2n) is 6.08. The van der Waals surface area contributed by atoms with E-state index in [9.17, 15) is 4.79 Å². The van der Waals surface area contributed by atoms with Gasteiger partial charge in [0.15, 0.2) is 0 Å². The van der Waals surface area contributed by atoms with Crippen molar-refractivity contribution in [2.45, 2.75) is 57.5 Å². The van der Waals surface area contributed by atoms with Crippen LogP contribution in [0.1, 0.15) is 50.5 Å². The number of carbonyl (C=O) groups is 1. The van der Waals surface area contributed by atoms with E-state index in [0.717, 1.165) is 18.6 Å². The van der Waals surface area contributed by atoms with Crippen LogP contribution < -0.4 is 5.32 Å². The van der Waals surface area contributed by atoms with E-state index in [-0.39, 0.29) is 5.91 Å². The average Bonchev–Trinajstić information content (AvgIpc) is 2.56. The van der Waals surface area contributed by atoms with Crippen LogP contribution in [0.5, 0.6) is 0 Å². The summed E-state index contributed by atoms with van der Waals surface area (Å²) in [5.74, 6) is 0.0636. The largest absolute Gasteiger partial charge is 0.378 e. The van der Waals surface area contributed by atoms with Crippen molar-refractivity contribution in [3.8, 4) is 0 Å². The highest BCUT2D eigenvalue weighted by Crippen LogP contribution is 2.23. The van der Waals surface area contributed by atoms with Gasteiger partial charge in [0.2, 0.25) is 5.91 Å². The van der Waals surface area contributed by atoms with E-state index >= 15 is 0 Å². The second kappa shape index (κ2) is 10.2. The molecule has 3 nitrogen and oxygen atoms in total. The summed E-state index contributed by atoms with van der Waals surface area (Å²) in [7, 11) is 0. The first-order chi connectivity index (χ1) is 11.1. The second-order valence-corrected chi connectivity index (χ2v) is 6.90. The van der Waals surface area contributed by atoms with Crippen LogP contribution in [0.2, 0.25) is 10.0 Å². The third-order valence-corrected chi connectivity index (χ3v) is 4.91. The van der Waals surface area contributed by atoms with Crippen molar-refractivity contribution in [2.24, 2.45) is 0 Å². The quantitative estimate of drug-likeness (QED) is 0.679. The molecule has 23 heavy (non-hydrogen) atoms. The predicted octanol–water partition coefficient (Wildman–Crippen LogP) is 4.78. The lowest BCUT2D eigenvalue weighted by atomic mass is 9.98. The Labute approximate surface area is 148 Å². The molecular weight excluding hydrogens is 333 g/mol. The Morgan fingerprint density at radius 1 is 1.17 bits per heavy atom. The van der Waals surface area contributed by atoms with Crippen LogP contribution in [0.15, 0.2) is 18.2 Å². The van der Waals surface area contributed by atoms with E-state index in [4.69, 9.17) is 27.9 Å². The molecule has 0 unspecified atom stereocenters. The Balaban J connectivity index is 1.53. The molecule has 1 aromatic rings. The lowest BCUT2D eigenvalue weighted by molar-refractivity contribution is -0.121. The van der Waals surface area contributed by atoms with Crippen molar-refractivity contribution in [2.75, 3.05) is 13.2 Å². The maximum absolute atomic E-state index is 11.8. The molecular formula is C18H25Cl2NO2. The molecule has 128 valence electrons. The highest BCUT2D eigenvalue weighted by molar-refractivity contribution is 6.42. The molecule has 0 radical (unpaired) electrons. The van der Waals surface area contributed by atoms with Crippen LogP contribution in [-0.4, -0.2) is 25.2 Å². The minimum Gasteiger partial charge on any atom is -0.378 e. The molecule has 1 aliphatic rings. The molecule has 1 aromatic carbocycles. The molecule has 5 heteroatoms. The summed E-state index contributed by atoms with van der Waals surface area (Å²) in [6.45, 7) is 1.41. The molecule has 0 aliphatic heterocycles. The van der Waals surface area contributed by atoms with Crippen molar-refractivity contribution >= 4 is 29.1 Å². The molecule has 0 atom stereocenters. The van der Waals surface area contributed by atoms with Crippen LogP contribution in [-0.2, 0) is 16.0 Å². The first-order valence-corrected chi connectivity index (χ1v) is 9.23. The molecule has 0 saturated heterocycles. The molecule has 1 N–H and O–H groups in total. The van der Waals surface area contributed by atoms with Gasteiger partial charge in [-0.25, -0.2) is 0 Å². The van der Waals surface area contributed by atoms with Crippen molar-refractivity contribution in [1.29, 1.82) is 0 Å². The summed E-state index contributed by atoms with van der Waals surface area (Å²) in [4.78, 5) is 11.8. The predicted molar refractivity (Wildman–Crippen MR) is 95.2 cm³/mol. The number of aryl methyl sites for hydroxylation is 1.